The summed E-state index contributed by atoms with van der Waals surface area (Å²) in [5.74, 6) is -0.250. The summed E-state index contributed by atoms with van der Waals surface area (Å²) in [4.78, 5) is 14.4. The number of rotatable bonds is 4. The summed E-state index contributed by atoms with van der Waals surface area (Å²) >= 11 is 0. The van der Waals surface area contributed by atoms with E-state index >= 15 is 0 Å². The van der Waals surface area contributed by atoms with E-state index in [0.29, 0.717) is 11.3 Å². The van der Waals surface area contributed by atoms with E-state index in [4.69, 9.17) is 0 Å². The highest BCUT2D eigenvalue weighted by molar-refractivity contribution is 5.81. The second kappa shape index (κ2) is 7.04. The van der Waals surface area contributed by atoms with Crippen molar-refractivity contribution < 1.29 is 9.18 Å². The lowest BCUT2D eigenvalue weighted by Crippen LogP contribution is -2.37. The van der Waals surface area contributed by atoms with Crippen LogP contribution in [-0.4, -0.2) is 24.4 Å². The van der Waals surface area contributed by atoms with Gasteiger partial charge in [0.05, 0.1) is 12.6 Å². The zero-order valence-electron chi connectivity index (χ0n) is 14.2. The molecule has 0 bridgehead atoms. The van der Waals surface area contributed by atoms with Gasteiger partial charge in [-0.2, -0.15) is 0 Å². The molecule has 0 saturated heterocycles. The van der Waals surface area contributed by atoms with Crippen LogP contribution in [0.25, 0.3) is 0 Å². The fourth-order valence-corrected chi connectivity index (χ4v) is 3.31. The van der Waals surface area contributed by atoms with Crippen LogP contribution in [0.3, 0.4) is 0 Å². The van der Waals surface area contributed by atoms with Crippen LogP contribution in [0, 0.1) is 12.7 Å². The maximum Gasteiger partial charge on any atom is 0.242 e. The SMILES string of the molecule is Cc1ccc(NCC(=O)N(C)C2CCCc3ccccc32)cc1F. The quantitative estimate of drug-likeness (QED) is 0.918. The molecule has 4 heteroatoms. The highest BCUT2D eigenvalue weighted by Gasteiger charge is 2.26. The molecular weight excluding hydrogens is 303 g/mol. The Hall–Kier alpha value is -2.36. The molecule has 0 aliphatic heterocycles. The molecule has 0 spiro atoms. The van der Waals surface area contributed by atoms with E-state index in [-0.39, 0.29) is 24.3 Å². The number of fused-ring (bicyclic) bond motifs is 1. The second-order valence-electron chi connectivity index (χ2n) is 6.43. The first-order valence-corrected chi connectivity index (χ1v) is 8.40. The number of aryl methyl sites for hydroxylation is 2. The topological polar surface area (TPSA) is 32.3 Å². The maximum atomic E-state index is 13.6. The van der Waals surface area contributed by atoms with Gasteiger partial charge in [0.2, 0.25) is 5.91 Å². The number of carbonyl (C=O) groups is 1. The Bertz CT molecular complexity index is 744. The molecule has 1 aliphatic carbocycles. The van der Waals surface area contributed by atoms with Crippen molar-refractivity contribution in [2.45, 2.75) is 32.2 Å². The highest BCUT2D eigenvalue weighted by Crippen LogP contribution is 2.33. The first-order chi connectivity index (χ1) is 11.6. The average Bonchev–Trinajstić information content (AvgIpc) is 2.61. The van der Waals surface area contributed by atoms with Crippen LogP contribution in [-0.2, 0) is 11.2 Å². The van der Waals surface area contributed by atoms with Crippen LogP contribution >= 0.6 is 0 Å². The van der Waals surface area contributed by atoms with E-state index in [1.165, 1.54) is 17.2 Å². The zero-order valence-corrected chi connectivity index (χ0v) is 14.2. The van der Waals surface area contributed by atoms with E-state index in [2.05, 4.69) is 23.5 Å². The van der Waals surface area contributed by atoms with Crippen LogP contribution in [0.15, 0.2) is 42.5 Å². The molecule has 24 heavy (non-hydrogen) atoms. The molecule has 3 rings (SSSR count). The van der Waals surface area contributed by atoms with Crippen molar-refractivity contribution in [2.75, 3.05) is 18.9 Å². The molecule has 0 heterocycles. The molecule has 1 N–H and O–H groups in total. The summed E-state index contributed by atoms with van der Waals surface area (Å²) in [6, 6.07) is 13.4. The molecule has 0 fully saturated rings. The lowest BCUT2D eigenvalue weighted by atomic mass is 9.87. The van der Waals surface area contributed by atoms with Gasteiger partial charge in [-0.15, -0.1) is 0 Å². The molecular formula is C20H23FN2O. The largest absolute Gasteiger partial charge is 0.376 e. The molecule has 1 unspecified atom stereocenters. The Morgan fingerprint density at radius 1 is 1.29 bits per heavy atom. The molecule has 1 atom stereocenters. The fraction of sp³-hybridized carbons (Fsp3) is 0.350. The number of halogens is 1. The lowest BCUT2D eigenvalue weighted by Gasteiger charge is -2.33. The number of anilines is 1. The number of carbonyl (C=O) groups excluding carboxylic acids is 1. The van der Waals surface area contributed by atoms with E-state index in [1.54, 1.807) is 19.1 Å². The van der Waals surface area contributed by atoms with Gasteiger partial charge in [-0.1, -0.05) is 30.3 Å². The number of likely N-dealkylation sites (N-methyl/N-ethyl adjacent to an activating group) is 1. The fourth-order valence-electron chi connectivity index (χ4n) is 3.31. The zero-order chi connectivity index (χ0) is 17.1. The first-order valence-electron chi connectivity index (χ1n) is 8.40. The van der Waals surface area contributed by atoms with Gasteiger partial charge in [-0.05, 0) is 55.0 Å². The third kappa shape index (κ3) is 3.42. The first kappa shape index (κ1) is 16.5. The summed E-state index contributed by atoms with van der Waals surface area (Å²) in [5.41, 5.74) is 3.81. The van der Waals surface area contributed by atoms with E-state index in [1.807, 2.05) is 18.0 Å². The minimum absolute atomic E-state index is 0.0117. The number of amides is 1. The van der Waals surface area contributed by atoms with Crippen molar-refractivity contribution >= 4 is 11.6 Å². The average molecular weight is 326 g/mol. The van der Waals surface area contributed by atoms with Gasteiger partial charge < -0.3 is 10.2 Å². The third-order valence-electron chi connectivity index (χ3n) is 4.81. The Balaban J connectivity index is 1.66. The molecule has 1 aliphatic rings. The van der Waals surface area contributed by atoms with Crippen molar-refractivity contribution in [1.82, 2.24) is 4.90 Å². The summed E-state index contributed by atoms with van der Waals surface area (Å²) in [7, 11) is 1.85. The van der Waals surface area contributed by atoms with Gasteiger partial charge >= 0.3 is 0 Å². The number of hydrogen-bond donors (Lipinski definition) is 1. The molecule has 2 aromatic carbocycles. The van der Waals surface area contributed by atoms with Crippen molar-refractivity contribution in [3.05, 3.63) is 65.0 Å². The highest BCUT2D eigenvalue weighted by atomic mass is 19.1. The van der Waals surface area contributed by atoms with Crippen LogP contribution in [0.5, 0.6) is 0 Å². The van der Waals surface area contributed by atoms with E-state index in [0.717, 1.165) is 19.3 Å². The Morgan fingerprint density at radius 3 is 2.88 bits per heavy atom. The summed E-state index contributed by atoms with van der Waals surface area (Å²) < 4.78 is 13.6. The normalized spacial score (nSPS) is 16.4. The molecule has 3 nitrogen and oxygen atoms in total. The monoisotopic (exact) mass is 326 g/mol. The smallest absolute Gasteiger partial charge is 0.242 e. The van der Waals surface area contributed by atoms with Crippen molar-refractivity contribution in [1.29, 1.82) is 0 Å². The van der Waals surface area contributed by atoms with Crippen LogP contribution < -0.4 is 5.32 Å². The van der Waals surface area contributed by atoms with Crippen LogP contribution in [0.2, 0.25) is 0 Å². The van der Waals surface area contributed by atoms with Crippen LogP contribution in [0.4, 0.5) is 10.1 Å². The summed E-state index contributed by atoms with van der Waals surface area (Å²) in [5, 5.41) is 3.03. The number of nitrogens with one attached hydrogen (secondary N) is 1. The Kier molecular flexibility index (Phi) is 4.84. The maximum absolute atomic E-state index is 13.6. The predicted octanol–water partition coefficient (Wildman–Crippen LogP) is 4.08. The summed E-state index contributed by atoms with van der Waals surface area (Å²) in [6.07, 6.45) is 3.16. The van der Waals surface area contributed by atoms with Gasteiger partial charge in [-0.3, -0.25) is 4.79 Å². The van der Waals surface area contributed by atoms with Gasteiger partial charge in [0.15, 0.2) is 0 Å². The van der Waals surface area contributed by atoms with Gasteiger partial charge in [0, 0.05) is 12.7 Å². The Morgan fingerprint density at radius 2 is 2.08 bits per heavy atom. The standard InChI is InChI=1S/C20H23FN2O/c1-14-10-11-16(12-18(14)21)22-13-20(24)23(2)19-9-5-7-15-6-3-4-8-17(15)19/h3-4,6,8,10-12,19,22H,5,7,9,13H2,1-2H3. The lowest BCUT2D eigenvalue weighted by molar-refractivity contribution is -0.130. The molecule has 2 aromatic rings. The van der Waals surface area contributed by atoms with Crippen molar-refractivity contribution in [3.8, 4) is 0 Å². The van der Waals surface area contributed by atoms with Gasteiger partial charge in [0.1, 0.15) is 5.82 Å². The van der Waals surface area contributed by atoms with Crippen molar-refractivity contribution in [3.63, 3.8) is 0 Å². The van der Waals surface area contributed by atoms with E-state index in [9.17, 15) is 9.18 Å². The molecule has 0 radical (unpaired) electrons. The molecule has 0 saturated carbocycles. The summed E-state index contributed by atoms with van der Waals surface area (Å²) in [6.45, 7) is 1.89. The minimum Gasteiger partial charge on any atom is -0.376 e. The van der Waals surface area contributed by atoms with E-state index < -0.39 is 0 Å². The van der Waals surface area contributed by atoms with Gasteiger partial charge in [-0.25, -0.2) is 4.39 Å². The Labute approximate surface area is 142 Å². The minimum atomic E-state index is -0.262. The molecule has 0 aromatic heterocycles. The molecule has 126 valence electrons. The second-order valence-corrected chi connectivity index (χ2v) is 6.43. The van der Waals surface area contributed by atoms with Crippen LogP contribution in [0.1, 0.15) is 35.6 Å². The van der Waals surface area contributed by atoms with Crippen molar-refractivity contribution in [2.24, 2.45) is 0 Å². The number of hydrogen-bond acceptors (Lipinski definition) is 2. The van der Waals surface area contributed by atoms with Gasteiger partial charge in [0.25, 0.3) is 0 Å². The molecule has 1 amide bonds. The number of benzene rings is 2. The predicted molar refractivity (Wildman–Crippen MR) is 94.5 cm³/mol. The third-order valence-corrected chi connectivity index (χ3v) is 4.81. The number of nitrogens with zero attached hydrogens (tertiary/aromatic N) is 1.